The average Bonchev–Trinajstić information content (AvgIpc) is 2.64. The van der Waals surface area contributed by atoms with E-state index in [0.717, 1.165) is 24.0 Å². The van der Waals surface area contributed by atoms with Gasteiger partial charge in [0.1, 0.15) is 0 Å². The maximum absolute atomic E-state index is 12.2. The second kappa shape index (κ2) is 10.3. The minimum Gasteiger partial charge on any atom is -0.356 e. The Morgan fingerprint density at radius 3 is 2.43 bits per heavy atom. The fourth-order valence-electron chi connectivity index (χ4n) is 3.09. The quantitative estimate of drug-likeness (QED) is 0.618. The third kappa shape index (κ3) is 7.00. The molecule has 28 heavy (non-hydrogen) atoms. The fourth-order valence-corrected chi connectivity index (χ4v) is 4.10. The molecule has 2 aromatic carbocycles. The average molecular weight is 403 g/mol. The lowest BCUT2D eigenvalue weighted by Crippen LogP contribution is -2.33. The Bertz CT molecular complexity index is 880. The van der Waals surface area contributed by atoms with E-state index in [9.17, 15) is 13.2 Å². The third-order valence-corrected chi connectivity index (χ3v) is 5.79. The van der Waals surface area contributed by atoms with Gasteiger partial charge in [0.2, 0.25) is 15.9 Å². The maximum Gasteiger partial charge on any atom is 0.232 e. The summed E-state index contributed by atoms with van der Waals surface area (Å²) >= 11 is 0. The molecule has 0 heterocycles. The SMILES string of the molecule is Cc1ccc(C)c(N(CCCC(=O)NCCCc2ccccc2)S(C)(=O)=O)c1. The van der Waals surface area contributed by atoms with Crippen molar-refractivity contribution in [3.05, 3.63) is 65.2 Å². The van der Waals surface area contributed by atoms with Crippen molar-refractivity contribution in [2.24, 2.45) is 0 Å². The van der Waals surface area contributed by atoms with Gasteiger partial charge >= 0.3 is 0 Å². The van der Waals surface area contributed by atoms with Gasteiger partial charge < -0.3 is 5.32 Å². The number of carbonyl (C=O) groups is 1. The van der Waals surface area contributed by atoms with Gasteiger partial charge in [-0.15, -0.1) is 0 Å². The minimum atomic E-state index is -3.41. The van der Waals surface area contributed by atoms with Crippen LogP contribution in [0, 0.1) is 13.8 Å². The predicted octanol–water partition coefficient (Wildman–Crippen LogP) is 3.60. The number of hydrogen-bond acceptors (Lipinski definition) is 3. The van der Waals surface area contributed by atoms with Crippen LogP contribution in [0.2, 0.25) is 0 Å². The van der Waals surface area contributed by atoms with Gasteiger partial charge in [0.15, 0.2) is 0 Å². The standard InChI is InChI=1S/C22H30N2O3S/c1-18-13-14-19(2)21(17-18)24(28(3,26)27)16-8-12-22(25)23-15-7-11-20-9-5-4-6-10-20/h4-6,9-10,13-14,17H,7-8,11-12,15-16H2,1-3H3,(H,23,25). The summed E-state index contributed by atoms with van der Waals surface area (Å²) in [5.74, 6) is -0.0394. The molecular formula is C22H30N2O3S. The van der Waals surface area contributed by atoms with Crippen LogP contribution in [-0.2, 0) is 21.2 Å². The van der Waals surface area contributed by atoms with Gasteiger partial charge in [0.25, 0.3) is 0 Å². The number of amides is 1. The third-order valence-electron chi connectivity index (χ3n) is 4.61. The smallest absolute Gasteiger partial charge is 0.232 e. The van der Waals surface area contributed by atoms with Gasteiger partial charge in [0, 0.05) is 19.5 Å². The molecule has 0 bridgehead atoms. The van der Waals surface area contributed by atoms with Crippen molar-refractivity contribution in [2.75, 3.05) is 23.7 Å². The highest BCUT2D eigenvalue weighted by molar-refractivity contribution is 7.92. The Morgan fingerprint density at radius 2 is 1.75 bits per heavy atom. The largest absolute Gasteiger partial charge is 0.356 e. The van der Waals surface area contributed by atoms with E-state index in [1.165, 1.54) is 16.1 Å². The molecule has 0 saturated carbocycles. The second-order valence-corrected chi connectivity index (χ2v) is 9.07. The Balaban J connectivity index is 1.80. The first-order valence-corrected chi connectivity index (χ1v) is 11.5. The highest BCUT2D eigenvalue weighted by Gasteiger charge is 2.19. The van der Waals surface area contributed by atoms with Crippen molar-refractivity contribution in [1.29, 1.82) is 0 Å². The highest BCUT2D eigenvalue weighted by Crippen LogP contribution is 2.24. The van der Waals surface area contributed by atoms with Crippen LogP contribution in [0.5, 0.6) is 0 Å². The van der Waals surface area contributed by atoms with Gasteiger partial charge in [-0.05, 0) is 55.9 Å². The molecule has 0 atom stereocenters. The number of nitrogens with one attached hydrogen (secondary N) is 1. The van der Waals surface area contributed by atoms with E-state index >= 15 is 0 Å². The zero-order chi connectivity index (χ0) is 20.6. The van der Waals surface area contributed by atoms with Crippen molar-refractivity contribution < 1.29 is 13.2 Å². The Hall–Kier alpha value is -2.34. The molecule has 1 N–H and O–H groups in total. The monoisotopic (exact) mass is 402 g/mol. The molecule has 0 unspecified atom stereocenters. The van der Waals surface area contributed by atoms with Crippen LogP contribution < -0.4 is 9.62 Å². The lowest BCUT2D eigenvalue weighted by Gasteiger charge is -2.24. The molecule has 2 rings (SSSR count). The normalized spacial score (nSPS) is 11.2. The molecule has 0 aliphatic rings. The van der Waals surface area contributed by atoms with Crippen LogP contribution in [0.3, 0.4) is 0 Å². The van der Waals surface area contributed by atoms with E-state index in [-0.39, 0.29) is 5.91 Å². The number of sulfonamides is 1. The molecule has 0 aliphatic carbocycles. The van der Waals surface area contributed by atoms with Crippen molar-refractivity contribution in [3.63, 3.8) is 0 Å². The summed E-state index contributed by atoms with van der Waals surface area (Å²) < 4.78 is 25.9. The van der Waals surface area contributed by atoms with Crippen molar-refractivity contribution in [3.8, 4) is 0 Å². The summed E-state index contributed by atoms with van der Waals surface area (Å²) in [7, 11) is -3.41. The lowest BCUT2D eigenvalue weighted by molar-refractivity contribution is -0.121. The van der Waals surface area contributed by atoms with Gasteiger partial charge in [-0.2, -0.15) is 0 Å². The Labute approximate surface area is 168 Å². The van der Waals surface area contributed by atoms with E-state index in [4.69, 9.17) is 0 Å². The zero-order valence-electron chi connectivity index (χ0n) is 16.9. The van der Waals surface area contributed by atoms with E-state index in [1.807, 2.05) is 50.2 Å². The van der Waals surface area contributed by atoms with E-state index in [2.05, 4.69) is 17.4 Å². The first kappa shape index (κ1) is 22.0. The van der Waals surface area contributed by atoms with E-state index < -0.39 is 10.0 Å². The number of aryl methyl sites for hydroxylation is 3. The van der Waals surface area contributed by atoms with Crippen molar-refractivity contribution in [2.45, 2.75) is 39.5 Å². The van der Waals surface area contributed by atoms with Crippen molar-refractivity contribution in [1.82, 2.24) is 5.32 Å². The number of nitrogens with zero attached hydrogens (tertiary/aromatic N) is 1. The second-order valence-electron chi connectivity index (χ2n) is 7.17. The Morgan fingerprint density at radius 1 is 1.04 bits per heavy atom. The molecule has 2 aromatic rings. The van der Waals surface area contributed by atoms with Crippen LogP contribution in [0.25, 0.3) is 0 Å². The summed E-state index contributed by atoms with van der Waals surface area (Å²) in [5.41, 5.74) is 3.85. The molecule has 0 spiro atoms. The van der Waals surface area contributed by atoms with Crippen LogP contribution >= 0.6 is 0 Å². The molecule has 0 saturated heterocycles. The molecule has 0 fully saturated rings. The zero-order valence-corrected chi connectivity index (χ0v) is 17.8. The first-order chi connectivity index (χ1) is 13.3. The van der Waals surface area contributed by atoms with Gasteiger partial charge in [-0.3, -0.25) is 9.10 Å². The molecule has 152 valence electrons. The van der Waals surface area contributed by atoms with Crippen LogP contribution in [0.4, 0.5) is 5.69 Å². The predicted molar refractivity (Wildman–Crippen MR) is 115 cm³/mol. The number of anilines is 1. The molecule has 1 amide bonds. The number of carbonyl (C=O) groups excluding carboxylic acids is 1. The minimum absolute atomic E-state index is 0.0394. The lowest BCUT2D eigenvalue weighted by atomic mass is 10.1. The number of rotatable bonds is 10. The topological polar surface area (TPSA) is 66.5 Å². The van der Waals surface area contributed by atoms with E-state index in [0.29, 0.717) is 31.6 Å². The van der Waals surface area contributed by atoms with Gasteiger partial charge in [0.05, 0.1) is 11.9 Å². The van der Waals surface area contributed by atoms with Crippen LogP contribution in [-0.4, -0.2) is 33.7 Å². The molecule has 0 aromatic heterocycles. The molecule has 0 aliphatic heterocycles. The highest BCUT2D eigenvalue weighted by atomic mass is 32.2. The molecule has 0 radical (unpaired) electrons. The summed E-state index contributed by atoms with van der Waals surface area (Å²) in [6.07, 6.45) is 3.80. The first-order valence-electron chi connectivity index (χ1n) is 9.63. The summed E-state index contributed by atoms with van der Waals surface area (Å²) in [5, 5.41) is 2.92. The summed E-state index contributed by atoms with van der Waals surface area (Å²) in [6.45, 7) is 4.75. The summed E-state index contributed by atoms with van der Waals surface area (Å²) in [6, 6.07) is 15.9. The molecule has 5 nitrogen and oxygen atoms in total. The number of benzene rings is 2. The Kier molecular flexibility index (Phi) is 8.05. The number of hydrogen-bond donors (Lipinski definition) is 1. The van der Waals surface area contributed by atoms with Crippen LogP contribution in [0.15, 0.2) is 48.5 Å². The summed E-state index contributed by atoms with van der Waals surface area (Å²) in [4.78, 5) is 12.1. The molecular weight excluding hydrogens is 372 g/mol. The van der Waals surface area contributed by atoms with Gasteiger partial charge in [-0.1, -0.05) is 42.5 Å². The van der Waals surface area contributed by atoms with Crippen LogP contribution in [0.1, 0.15) is 36.0 Å². The maximum atomic E-state index is 12.2. The van der Waals surface area contributed by atoms with E-state index in [1.54, 1.807) is 0 Å². The van der Waals surface area contributed by atoms with Crippen molar-refractivity contribution >= 4 is 21.6 Å². The van der Waals surface area contributed by atoms with Gasteiger partial charge in [-0.25, -0.2) is 8.42 Å². The fraction of sp³-hybridized carbons (Fsp3) is 0.409. The molecule has 6 heteroatoms.